The zero-order chi connectivity index (χ0) is 18.7. The molecular formula is C22H24BNO2. The molecule has 132 valence electrons. The molecule has 0 aliphatic carbocycles. The fraction of sp³-hybridized carbons (Fsp3) is 0.182. The number of hydrogen-bond acceptors (Lipinski definition) is 3. The molecule has 0 fully saturated rings. The Morgan fingerprint density at radius 1 is 0.769 bits per heavy atom. The van der Waals surface area contributed by atoms with Crippen LogP contribution >= 0.6 is 0 Å². The Bertz CT molecular complexity index is 869. The van der Waals surface area contributed by atoms with Crippen molar-refractivity contribution in [1.82, 2.24) is 0 Å². The molecule has 0 aromatic heterocycles. The zero-order valence-corrected chi connectivity index (χ0v) is 15.4. The van der Waals surface area contributed by atoms with E-state index < -0.39 is 7.12 Å². The van der Waals surface area contributed by atoms with Crippen LogP contribution in [0, 0.1) is 0 Å². The highest BCUT2D eigenvalue weighted by molar-refractivity contribution is 6.60. The molecule has 3 N–H and O–H groups in total. The maximum absolute atomic E-state index is 9.71. The van der Waals surface area contributed by atoms with Gasteiger partial charge in [-0.2, -0.15) is 0 Å². The lowest BCUT2D eigenvalue weighted by Crippen LogP contribution is -2.31. The van der Waals surface area contributed by atoms with Crippen molar-refractivity contribution in [2.24, 2.45) is 0 Å². The average molecular weight is 345 g/mol. The van der Waals surface area contributed by atoms with Crippen LogP contribution in [0.5, 0.6) is 0 Å². The molecule has 26 heavy (non-hydrogen) atoms. The molecule has 3 rings (SSSR count). The number of rotatable bonds is 4. The molecule has 3 aromatic carbocycles. The summed E-state index contributed by atoms with van der Waals surface area (Å²) in [5, 5.41) is 22.7. The van der Waals surface area contributed by atoms with Crippen LogP contribution in [0.4, 0.5) is 11.4 Å². The summed E-state index contributed by atoms with van der Waals surface area (Å²) in [4.78, 5) is 0. The predicted octanol–water partition coefficient (Wildman–Crippen LogP) is 4.07. The Morgan fingerprint density at radius 2 is 1.42 bits per heavy atom. The summed E-state index contributed by atoms with van der Waals surface area (Å²) in [5.74, 6) is 0. The van der Waals surface area contributed by atoms with Crippen LogP contribution in [0.2, 0.25) is 0 Å². The Labute approximate surface area is 155 Å². The van der Waals surface area contributed by atoms with E-state index >= 15 is 0 Å². The summed E-state index contributed by atoms with van der Waals surface area (Å²) in [6, 6.07) is 23.8. The lowest BCUT2D eigenvalue weighted by molar-refractivity contribution is 0.426. The maximum Gasteiger partial charge on any atom is 0.490 e. The molecule has 0 aliphatic heterocycles. The monoisotopic (exact) mass is 345 g/mol. The first-order valence-corrected chi connectivity index (χ1v) is 8.78. The molecule has 0 amide bonds. The van der Waals surface area contributed by atoms with Crippen molar-refractivity contribution in [3.8, 4) is 11.1 Å². The molecule has 3 nitrogen and oxygen atoms in total. The largest absolute Gasteiger partial charge is 0.490 e. The molecule has 0 bridgehead atoms. The molecular weight excluding hydrogens is 321 g/mol. The van der Waals surface area contributed by atoms with Crippen molar-refractivity contribution in [2.75, 3.05) is 5.32 Å². The van der Waals surface area contributed by atoms with Crippen molar-refractivity contribution in [3.05, 3.63) is 78.4 Å². The molecule has 0 heterocycles. The molecule has 0 aliphatic rings. The minimum atomic E-state index is -1.53. The van der Waals surface area contributed by atoms with E-state index in [1.54, 1.807) is 6.07 Å². The first-order chi connectivity index (χ1) is 12.3. The van der Waals surface area contributed by atoms with Gasteiger partial charge in [0.05, 0.1) is 0 Å². The molecule has 0 atom stereocenters. The van der Waals surface area contributed by atoms with Gasteiger partial charge in [0.2, 0.25) is 0 Å². The summed E-state index contributed by atoms with van der Waals surface area (Å²) in [6.07, 6.45) is 0. The van der Waals surface area contributed by atoms with Crippen LogP contribution in [0.1, 0.15) is 26.3 Å². The highest BCUT2D eigenvalue weighted by atomic mass is 16.4. The normalized spacial score (nSPS) is 11.3. The quantitative estimate of drug-likeness (QED) is 0.625. The molecule has 0 saturated carbocycles. The van der Waals surface area contributed by atoms with Gasteiger partial charge in [-0.25, -0.2) is 0 Å². The van der Waals surface area contributed by atoms with Crippen LogP contribution in [0.15, 0.2) is 72.8 Å². The number of hydrogen-bond donors (Lipinski definition) is 3. The molecule has 0 unspecified atom stereocenters. The van der Waals surface area contributed by atoms with Crippen LogP contribution in [0.25, 0.3) is 11.1 Å². The Balaban J connectivity index is 1.95. The minimum Gasteiger partial charge on any atom is -0.423 e. The van der Waals surface area contributed by atoms with Gasteiger partial charge >= 0.3 is 7.12 Å². The smallest absolute Gasteiger partial charge is 0.423 e. The maximum atomic E-state index is 9.71. The van der Waals surface area contributed by atoms with Crippen molar-refractivity contribution < 1.29 is 10.0 Å². The Morgan fingerprint density at radius 3 is 2.00 bits per heavy atom. The lowest BCUT2D eigenvalue weighted by Gasteiger charge is -2.20. The third kappa shape index (κ3) is 4.16. The molecule has 0 radical (unpaired) electrons. The van der Waals surface area contributed by atoms with Crippen molar-refractivity contribution in [3.63, 3.8) is 0 Å². The van der Waals surface area contributed by atoms with Gasteiger partial charge in [-0.3, -0.25) is 0 Å². The topological polar surface area (TPSA) is 52.5 Å². The van der Waals surface area contributed by atoms with E-state index in [1.807, 2.05) is 54.6 Å². The Kier molecular flexibility index (Phi) is 5.17. The molecule has 0 saturated heterocycles. The first-order valence-electron chi connectivity index (χ1n) is 8.78. The van der Waals surface area contributed by atoms with E-state index in [4.69, 9.17) is 0 Å². The highest BCUT2D eigenvalue weighted by Crippen LogP contribution is 2.26. The van der Waals surface area contributed by atoms with E-state index in [-0.39, 0.29) is 5.41 Å². The third-order valence-electron chi connectivity index (χ3n) is 4.47. The fourth-order valence-corrected chi connectivity index (χ4v) is 2.91. The first kappa shape index (κ1) is 18.2. The van der Waals surface area contributed by atoms with Gasteiger partial charge in [-0.05, 0) is 40.3 Å². The second-order valence-electron chi connectivity index (χ2n) is 7.49. The molecule has 3 aromatic rings. The Hall–Kier alpha value is -2.56. The van der Waals surface area contributed by atoms with Gasteiger partial charge in [-0.1, -0.05) is 75.4 Å². The van der Waals surface area contributed by atoms with E-state index in [9.17, 15) is 10.0 Å². The van der Waals surface area contributed by atoms with E-state index in [1.165, 1.54) is 5.56 Å². The van der Waals surface area contributed by atoms with Crippen LogP contribution in [-0.2, 0) is 5.41 Å². The minimum absolute atomic E-state index is 0.0954. The second kappa shape index (κ2) is 7.36. The van der Waals surface area contributed by atoms with Crippen LogP contribution in [-0.4, -0.2) is 17.2 Å². The van der Waals surface area contributed by atoms with E-state index in [0.717, 1.165) is 16.8 Å². The summed E-state index contributed by atoms with van der Waals surface area (Å²) in [5.41, 5.74) is 5.49. The van der Waals surface area contributed by atoms with Crippen molar-refractivity contribution in [2.45, 2.75) is 26.2 Å². The van der Waals surface area contributed by atoms with Gasteiger partial charge in [-0.15, -0.1) is 0 Å². The summed E-state index contributed by atoms with van der Waals surface area (Å²) >= 11 is 0. The SMILES string of the molecule is CC(C)(C)c1ccc(Nc2cc(-c3ccccc3)ccc2B(O)O)cc1. The number of nitrogens with one attached hydrogen (secondary N) is 1. The van der Waals surface area contributed by atoms with Crippen LogP contribution in [0.3, 0.4) is 0 Å². The lowest BCUT2D eigenvalue weighted by atomic mass is 9.78. The fourth-order valence-electron chi connectivity index (χ4n) is 2.91. The summed E-state index contributed by atoms with van der Waals surface area (Å²) in [7, 11) is -1.53. The average Bonchev–Trinajstić information content (AvgIpc) is 2.62. The zero-order valence-electron chi connectivity index (χ0n) is 15.4. The second-order valence-corrected chi connectivity index (χ2v) is 7.49. The van der Waals surface area contributed by atoms with Gasteiger partial charge < -0.3 is 15.4 Å². The van der Waals surface area contributed by atoms with Crippen LogP contribution < -0.4 is 10.8 Å². The van der Waals surface area contributed by atoms with Gasteiger partial charge in [0.15, 0.2) is 0 Å². The van der Waals surface area contributed by atoms with Gasteiger partial charge in [0, 0.05) is 16.8 Å². The van der Waals surface area contributed by atoms with Gasteiger partial charge in [0.1, 0.15) is 0 Å². The highest BCUT2D eigenvalue weighted by Gasteiger charge is 2.18. The van der Waals surface area contributed by atoms with E-state index in [0.29, 0.717) is 11.2 Å². The van der Waals surface area contributed by atoms with E-state index in [2.05, 4.69) is 38.2 Å². The number of anilines is 2. The summed E-state index contributed by atoms with van der Waals surface area (Å²) in [6.45, 7) is 6.54. The predicted molar refractivity (Wildman–Crippen MR) is 110 cm³/mol. The third-order valence-corrected chi connectivity index (χ3v) is 4.47. The number of benzene rings is 3. The van der Waals surface area contributed by atoms with Gasteiger partial charge in [0.25, 0.3) is 0 Å². The standard InChI is InChI=1S/C22H24BNO2/c1-22(2,3)18-10-12-19(13-11-18)24-21-15-17(9-14-20(21)23(25)26)16-7-5-4-6-8-16/h4-15,24-26H,1-3H3. The molecule has 0 spiro atoms. The molecule has 4 heteroatoms. The van der Waals surface area contributed by atoms with Crippen molar-refractivity contribution in [1.29, 1.82) is 0 Å². The summed E-state index contributed by atoms with van der Waals surface area (Å²) < 4.78 is 0. The van der Waals surface area contributed by atoms with Crippen molar-refractivity contribution >= 4 is 24.0 Å².